The molecule has 4 rings (SSSR count). The summed E-state index contributed by atoms with van der Waals surface area (Å²) in [7, 11) is 0. The fourth-order valence-corrected chi connectivity index (χ4v) is 5.06. The molecule has 0 aliphatic carbocycles. The number of hydrogen-bond donors (Lipinski definition) is 3. The van der Waals surface area contributed by atoms with Gasteiger partial charge in [0.25, 0.3) is 0 Å². The zero-order valence-corrected chi connectivity index (χ0v) is 22.1. The second-order valence-electron chi connectivity index (χ2n) is 10.8. The molecule has 0 radical (unpaired) electrons. The molecule has 0 bridgehead atoms. The minimum Gasteiger partial charge on any atom is -0.388 e. The number of rotatable bonds is 10. The van der Waals surface area contributed by atoms with Crippen LogP contribution in [0.2, 0.25) is 0 Å². The number of hydrogen-bond acceptors (Lipinski definition) is 5. The Labute approximate surface area is 220 Å². The number of nitrogens with two attached hydrogens (primary N) is 1. The number of imidazole rings is 1. The van der Waals surface area contributed by atoms with Crippen LogP contribution in [0.1, 0.15) is 44.6 Å². The topological polar surface area (TPSA) is 101 Å². The van der Waals surface area contributed by atoms with Crippen LogP contribution in [0.5, 0.6) is 0 Å². The second-order valence-corrected chi connectivity index (χ2v) is 10.8. The number of hydrazone groups is 1. The summed E-state index contributed by atoms with van der Waals surface area (Å²) in [5.74, 6) is 1.25. The molecular weight excluding hydrogens is 462 g/mol. The summed E-state index contributed by atoms with van der Waals surface area (Å²) < 4.78 is 2.21. The highest BCUT2D eigenvalue weighted by Gasteiger charge is 2.39. The molecule has 8 heteroatoms. The van der Waals surface area contributed by atoms with Crippen LogP contribution in [0.25, 0.3) is 11.3 Å². The van der Waals surface area contributed by atoms with Gasteiger partial charge in [-0.15, -0.1) is 0 Å². The van der Waals surface area contributed by atoms with Crippen molar-refractivity contribution in [2.45, 2.75) is 39.8 Å². The highest BCUT2D eigenvalue weighted by Crippen LogP contribution is 2.39. The molecule has 1 amide bonds. The zero-order chi connectivity index (χ0) is 26.3. The van der Waals surface area contributed by atoms with Crippen molar-refractivity contribution < 1.29 is 4.79 Å². The number of amides is 1. The van der Waals surface area contributed by atoms with Gasteiger partial charge >= 0.3 is 0 Å². The van der Waals surface area contributed by atoms with Crippen molar-refractivity contribution in [1.82, 2.24) is 25.2 Å². The Morgan fingerprint density at radius 2 is 1.92 bits per heavy atom. The normalized spacial score (nSPS) is 16.7. The van der Waals surface area contributed by atoms with Gasteiger partial charge in [0.05, 0.1) is 11.7 Å². The average molecular weight is 502 g/mol. The molecule has 3 aromatic rings. The van der Waals surface area contributed by atoms with E-state index >= 15 is 0 Å². The monoisotopic (exact) mass is 501 g/mol. The van der Waals surface area contributed by atoms with Gasteiger partial charge in [-0.1, -0.05) is 81.4 Å². The lowest BCUT2D eigenvalue weighted by Gasteiger charge is -2.41. The molecule has 1 aromatic heterocycles. The smallest absolute Gasteiger partial charge is 0.244 e. The van der Waals surface area contributed by atoms with Crippen molar-refractivity contribution in [2.75, 3.05) is 26.2 Å². The molecular formula is C29H39N7O. The first-order valence-electron chi connectivity index (χ1n) is 13.0. The van der Waals surface area contributed by atoms with Crippen molar-refractivity contribution >= 4 is 12.2 Å². The number of nitrogens with zero attached hydrogens (tertiary/aromatic N) is 4. The van der Waals surface area contributed by atoms with Crippen LogP contribution in [0.15, 0.2) is 72.0 Å². The van der Waals surface area contributed by atoms with E-state index in [1.807, 2.05) is 29.2 Å². The van der Waals surface area contributed by atoms with Crippen molar-refractivity contribution in [1.29, 1.82) is 0 Å². The zero-order valence-electron chi connectivity index (χ0n) is 22.1. The van der Waals surface area contributed by atoms with Gasteiger partial charge in [0.15, 0.2) is 0 Å². The Morgan fingerprint density at radius 1 is 1.22 bits per heavy atom. The van der Waals surface area contributed by atoms with Crippen LogP contribution >= 0.6 is 0 Å². The van der Waals surface area contributed by atoms with E-state index in [1.54, 1.807) is 0 Å². The highest BCUT2D eigenvalue weighted by molar-refractivity contribution is 5.79. The van der Waals surface area contributed by atoms with Crippen LogP contribution in [-0.2, 0) is 11.3 Å². The van der Waals surface area contributed by atoms with Crippen molar-refractivity contribution in [3.8, 4) is 11.3 Å². The lowest BCUT2D eigenvalue weighted by Crippen LogP contribution is -2.47. The first-order valence-corrected chi connectivity index (χ1v) is 13.0. The first-order chi connectivity index (χ1) is 17.9. The molecule has 8 nitrogen and oxygen atoms in total. The molecule has 196 valence electrons. The van der Waals surface area contributed by atoms with E-state index in [2.05, 4.69) is 83.8 Å². The summed E-state index contributed by atoms with van der Waals surface area (Å²) in [5.41, 5.74) is 11.1. The molecule has 1 fully saturated rings. The molecule has 0 saturated carbocycles. The molecule has 1 aliphatic heterocycles. The SMILES string of the molecule is CC(C)(C)[C@H](c1nc(-c2ccccc2)cn1Cc1ccccc1)N(C[C@H]1CCNC1)C(=O)CN/N=C\N. The average Bonchev–Trinajstić information content (AvgIpc) is 3.55. The van der Waals surface area contributed by atoms with Crippen molar-refractivity contribution in [3.63, 3.8) is 0 Å². The van der Waals surface area contributed by atoms with E-state index in [-0.39, 0.29) is 23.9 Å². The molecule has 1 saturated heterocycles. The maximum Gasteiger partial charge on any atom is 0.244 e. The molecule has 37 heavy (non-hydrogen) atoms. The van der Waals surface area contributed by atoms with Crippen molar-refractivity contribution in [3.05, 3.63) is 78.2 Å². The molecule has 4 N–H and O–H groups in total. The highest BCUT2D eigenvalue weighted by atomic mass is 16.2. The minimum absolute atomic E-state index is 0.0204. The van der Waals surface area contributed by atoms with E-state index in [1.165, 1.54) is 11.9 Å². The van der Waals surface area contributed by atoms with Crippen LogP contribution in [0, 0.1) is 11.3 Å². The van der Waals surface area contributed by atoms with E-state index in [4.69, 9.17) is 10.7 Å². The van der Waals surface area contributed by atoms with Gasteiger partial charge in [-0.05, 0) is 36.4 Å². The minimum atomic E-state index is -0.271. The van der Waals surface area contributed by atoms with E-state index in [0.29, 0.717) is 19.0 Å². The number of carbonyl (C=O) groups excluding carboxylic acids is 1. The van der Waals surface area contributed by atoms with E-state index in [9.17, 15) is 4.79 Å². The summed E-state index contributed by atoms with van der Waals surface area (Å²) >= 11 is 0. The molecule has 1 aliphatic rings. The molecule has 0 spiro atoms. The van der Waals surface area contributed by atoms with Gasteiger partial charge < -0.3 is 20.5 Å². The Morgan fingerprint density at radius 3 is 2.54 bits per heavy atom. The predicted octanol–water partition coefficient (Wildman–Crippen LogP) is 3.62. The van der Waals surface area contributed by atoms with Gasteiger partial charge in [-0.3, -0.25) is 10.2 Å². The maximum absolute atomic E-state index is 13.7. The number of benzene rings is 2. The largest absolute Gasteiger partial charge is 0.388 e. The van der Waals surface area contributed by atoms with Crippen molar-refractivity contribution in [2.24, 2.45) is 22.2 Å². The lowest BCUT2D eigenvalue weighted by atomic mass is 9.84. The van der Waals surface area contributed by atoms with Crippen LogP contribution in [0.4, 0.5) is 0 Å². The molecule has 2 aromatic carbocycles. The third kappa shape index (κ3) is 6.77. The summed E-state index contributed by atoms with van der Waals surface area (Å²) in [6, 6.07) is 20.4. The summed E-state index contributed by atoms with van der Waals surface area (Å²) in [4.78, 5) is 20.9. The van der Waals surface area contributed by atoms with Gasteiger partial charge in [-0.25, -0.2) is 4.98 Å². The summed E-state index contributed by atoms with van der Waals surface area (Å²) in [5, 5.41) is 7.30. The van der Waals surface area contributed by atoms with Gasteiger partial charge in [0.1, 0.15) is 18.7 Å². The Bertz CT molecular complexity index is 1160. The van der Waals surface area contributed by atoms with Gasteiger partial charge in [0, 0.05) is 24.8 Å². The quantitative estimate of drug-likeness (QED) is 0.224. The van der Waals surface area contributed by atoms with Crippen LogP contribution in [-0.4, -0.2) is 52.9 Å². The summed E-state index contributed by atoms with van der Waals surface area (Å²) in [6.07, 6.45) is 4.33. The molecule has 2 heterocycles. The summed E-state index contributed by atoms with van der Waals surface area (Å²) in [6.45, 7) is 9.82. The fraction of sp³-hybridized carbons (Fsp3) is 0.414. The maximum atomic E-state index is 13.7. The molecule has 2 atom stereocenters. The Hall–Kier alpha value is -3.65. The van der Waals surface area contributed by atoms with E-state index in [0.717, 1.165) is 36.6 Å². The van der Waals surface area contributed by atoms with Gasteiger partial charge in [-0.2, -0.15) is 5.10 Å². The number of carbonyl (C=O) groups is 1. The molecule has 0 unspecified atom stereocenters. The fourth-order valence-electron chi connectivity index (χ4n) is 5.06. The second kappa shape index (κ2) is 12.1. The van der Waals surface area contributed by atoms with Crippen LogP contribution < -0.4 is 16.5 Å². The lowest BCUT2D eigenvalue weighted by molar-refractivity contribution is -0.136. The predicted molar refractivity (Wildman–Crippen MR) is 149 cm³/mol. The Balaban J connectivity index is 1.80. The third-order valence-corrected chi connectivity index (χ3v) is 6.78. The van der Waals surface area contributed by atoms with E-state index < -0.39 is 0 Å². The standard InChI is InChI=1S/C29H39N7O/c1-29(2,3)27(36(19-23-14-15-31-16-23)26(37)17-32-33-21-30)28-34-25(24-12-8-5-9-13-24)20-35(28)18-22-10-6-4-7-11-22/h4-13,20-21,23,27,31-32H,14-19H2,1-3H3,(H2,30,33)/t23-,27-/m0/s1. The number of aromatic nitrogens is 2. The first kappa shape index (κ1) is 26.4. The number of nitrogens with one attached hydrogen (secondary N) is 2. The Kier molecular flexibility index (Phi) is 8.61. The van der Waals surface area contributed by atoms with Crippen LogP contribution in [0.3, 0.4) is 0 Å². The third-order valence-electron chi connectivity index (χ3n) is 6.78. The van der Waals surface area contributed by atoms with Gasteiger partial charge in [0.2, 0.25) is 5.91 Å².